The number of allylic oxidation sites excluding steroid dienone is 7. The lowest BCUT2D eigenvalue weighted by Gasteiger charge is -2.28. The maximum Gasteiger partial charge on any atom is 0.570 e. The molecule has 0 rings (SSSR count). The molecule has 0 atom stereocenters. The van der Waals surface area contributed by atoms with Crippen LogP contribution in [-0.4, -0.2) is 8.80 Å². The Balaban J connectivity index is 5.09. The predicted octanol–water partition coefficient (Wildman–Crippen LogP) is 3.45. The Morgan fingerprint density at radius 1 is 0.818 bits per heavy atom. The van der Waals surface area contributed by atoms with E-state index in [1.807, 2.05) is 59.8 Å². The van der Waals surface area contributed by atoms with E-state index in [9.17, 15) is 0 Å². The van der Waals surface area contributed by atoms with Gasteiger partial charge in [0.2, 0.25) is 0 Å². The molecule has 0 unspecified atom stereocenters. The summed E-state index contributed by atoms with van der Waals surface area (Å²) in [5.74, 6) is 0. The van der Waals surface area contributed by atoms with Crippen LogP contribution in [0.5, 0.6) is 0 Å². The van der Waals surface area contributed by atoms with Crippen LogP contribution in [0.1, 0.15) is 41.5 Å². The van der Waals surface area contributed by atoms with Gasteiger partial charge in [-0.2, -0.15) is 0 Å². The summed E-state index contributed by atoms with van der Waals surface area (Å²) < 4.78 is 17.2. The summed E-state index contributed by atoms with van der Waals surface area (Å²) in [6.45, 7) is 15.2. The van der Waals surface area contributed by atoms with Crippen LogP contribution in [0, 0.1) is 0 Å². The molecule has 0 spiro atoms. The van der Waals surface area contributed by atoms with Gasteiger partial charge >= 0.3 is 8.80 Å². The standard InChI is InChI=1S/C15H29N3O3Si/c1-8-12-22(19-16-13(5)9-2,20-17-14(6)10-3)21-18-15(7)11-4/h8-11,16-18H,1,12H2,2-7H3. The fourth-order valence-electron chi connectivity index (χ4n) is 1.02. The van der Waals surface area contributed by atoms with Crippen LogP contribution in [0.25, 0.3) is 0 Å². The van der Waals surface area contributed by atoms with Crippen LogP contribution in [0.3, 0.4) is 0 Å². The van der Waals surface area contributed by atoms with Crippen LogP contribution >= 0.6 is 0 Å². The van der Waals surface area contributed by atoms with Crippen molar-refractivity contribution >= 4 is 8.80 Å². The molecule has 3 N–H and O–H groups in total. The summed E-state index contributed by atoms with van der Waals surface area (Å²) in [5.41, 5.74) is 11.1. The van der Waals surface area contributed by atoms with E-state index in [-0.39, 0.29) is 0 Å². The van der Waals surface area contributed by atoms with Gasteiger partial charge in [-0.1, -0.05) is 24.3 Å². The molecule has 0 bridgehead atoms. The first-order valence-corrected chi connectivity index (χ1v) is 9.17. The minimum atomic E-state index is -3.11. The second-order valence-electron chi connectivity index (χ2n) is 4.70. The van der Waals surface area contributed by atoms with Gasteiger partial charge in [0.1, 0.15) is 0 Å². The van der Waals surface area contributed by atoms with Crippen molar-refractivity contribution in [3.8, 4) is 0 Å². The first kappa shape index (κ1) is 20.5. The third-order valence-electron chi connectivity index (χ3n) is 2.80. The molecular weight excluding hydrogens is 298 g/mol. The Kier molecular flexibility index (Phi) is 10.3. The number of rotatable bonds is 11. The Hall–Kier alpha value is -1.54. The first-order valence-electron chi connectivity index (χ1n) is 7.24. The van der Waals surface area contributed by atoms with Gasteiger partial charge < -0.3 is 0 Å². The minimum absolute atomic E-state index is 0.422. The molecule has 0 saturated carbocycles. The molecule has 0 aliphatic rings. The van der Waals surface area contributed by atoms with E-state index in [2.05, 4.69) is 23.0 Å². The topological polar surface area (TPSA) is 63.8 Å². The Morgan fingerprint density at radius 3 is 1.36 bits per heavy atom. The first-order chi connectivity index (χ1) is 10.4. The van der Waals surface area contributed by atoms with Crippen molar-refractivity contribution < 1.29 is 13.6 Å². The van der Waals surface area contributed by atoms with Crippen LogP contribution in [-0.2, 0) is 13.6 Å². The largest absolute Gasteiger partial charge is 0.570 e. The lowest BCUT2D eigenvalue weighted by molar-refractivity contribution is -0.0142. The van der Waals surface area contributed by atoms with Crippen molar-refractivity contribution in [2.75, 3.05) is 0 Å². The average molecular weight is 328 g/mol. The van der Waals surface area contributed by atoms with Crippen LogP contribution < -0.4 is 16.4 Å². The molecule has 0 aliphatic carbocycles. The lowest BCUT2D eigenvalue weighted by Crippen LogP contribution is -2.54. The summed E-state index contributed by atoms with van der Waals surface area (Å²) in [7, 11) is -3.11. The highest BCUT2D eigenvalue weighted by atomic mass is 28.4. The molecule has 0 aromatic heterocycles. The molecule has 0 aliphatic heterocycles. The summed E-state index contributed by atoms with van der Waals surface area (Å²) in [4.78, 5) is 0. The zero-order valence-electron chi connectivity index (χ0n) is 14.4. The van der Waals surface area contributed by atoms with Crippen LogP contribution in [0.15, 0.2) is 48.0 Å². The van der Waals surface area contributed by atoms with Gasteiger partial charge in [0.15, 0.2) is 0 Å². The molecule has 0 aromatic carbocycles. The van der Waals surface area contributed by atoms with E-state index in [1.54, 1.807) is 6.08 Å². The second-order valence-corrected chi connectivity index (χ2v) is 7.09. The summed E-state index contributed by atoms with van der Waals surface area (Å²) >= 11 is 0. The highest BCUT2D eigenvalue weighted by Gasteiger charge is 2.44. The number of nitrogens with one attached hydrogen (secondary N) is 3. The lowest BCUT2D eigenvalue weighted by atomic mass is 10.5. The Bertz CT molecular complexity index is 379. The maximum absolute atomic E-state index is 5.74. The van der Waals surface area contributed by atoms with Gasteiger partial charge in [-0.3, -0.25) is 30.0 Å². The fraction of sp³-hybridized carbons (Fsp3) is 0.467. The van der Waals surface area contributed by atoms with Gasteiger partial charge in [-0.15, -0.1) is 6.58 Å². The van der Waals surface area contributed by atoms with Crippen LogP contribution in [0.4, 0.5) is 0 Å². The predicted molar refractivity (Wildman–Crippen MR) is 91.7 cm³/mol. The average Bonchev–Trinajstić information content (AvgIpc) is 2.54. The molecule has 7 heteroatoms. The molecule has 0 aromatic rings. The van der Waals surface area contributed by atoms with Crippen molar-refractivity contribution in [1.29, 1.82) is 0 Å². The molecular formula is C15H29N3O3Si. The highest BCUT2D eigenvalue weighted by molar-refractivity contribution is 6.60. The summed E-state index contributed by atoms with van der Waals surface area (Å²) in [6, 6.07) is 0.422. The van der Waals surface area contributed by atoms with Crippen molar-refractivity contribution in [2.45, 2.75) is 47.6 Å². The van der Waals surface area contributed by atoms with E-state index in [0.717, 1.165) is 17.1 Å². The summed E-state index contributed by atoms with van der Waals surface area (Å²) in [6.07, 6.45) is 7.38. The highest BCUT2D eigenvalue weighted by Crippen LogP contribution is 2.15. The molecule has 0 heterocycles. The van der Waals surface area contributed by atoms with Gasteiger partial charge in [0, 0.05) is 23.1 Å². The Morgan fingerprint density at radius 2 is 1.14 bits per heavy atom. The molecule has 0 amide bonds. The van der Waals surface area contributed by atoms with Gasteiger partial charge in [0.25, 0.3) is 0 Å². The SMILES string of the molecule is C=CC[Si](ONC(C)=CC)(ONC(C)=CC)ONC(C)=CC. The normalized spacial score (nSPS) is 16.0. The molecule has 126 valence electrons. The number of hydroxylamine groups is 3. The minimum Gasteiger partial charge on any atom is -0.278 e. The summed E-state index contributed by atoms with van der Waals surface area (Å²) in [5, 5.41) is 0. The molecule has 6 nitrogen and oxygen atoms in total. The van der Waals surface area contributed by atoms with Crippen molar-refractivity contribution in [1.82, 2.24) is 16.4 Å². The smallest absolute Gasteiger partial charge is 0.278 e. The van der Waals surface area contributed by atoms with E-state index in [0.29, 0.717) is 6.04 Å². The van der Waals surface area contributed by atoms with E-state index in [1.165, 1.54) is 0 Å². The second kappa shape index (κ2) is 11.1. The zero-order valence-corrected chi connectivity index (χ0v) is 15.4. The van der Waals surface area contributed by atoms with Gasteiger partial charge in [-0.05, 0) is 41.5 Å². The van der Waals surface area contributed by atoms with E-state index >= 15 is 0 Å². The van der Waals surface area contributed by atoms with Gasteiger partial charge in [-0.25, -0.2) is 0 Å². The monoisotopic (exact) mass is 327 g/mol. The molecule has 0 fully saturated rings. The maximum atomic E-state index is 5.74. The Labute approximate surface area is 135 Å². The van der Waals surface area contributed by atoms with Gasteiger partial charge in [0.05, 0.1) is 0 Å². The van der Waals surface area contributed by atoms with E-state index < -0.39 is 8.80 Å². The van der Waals surface area contributed by atoms with Crippen molar-refractivity contribution in [3.63, 3.8) is 0 Å². The number of hydrogen-bond donors (Lipinski definition) is 3. The zero-order chi connectivity index (χ0) is 17.0. The van der Waals surface area contributed by atoms with Crippen molar-refractivity contribution in [2.24, 2.45) is 0 Å². The van der Waals surface area contributed by atoms with Crippen LogP contribution in [0.2, 0.25) is 6.04 Å². The molecule has 0 radical (unpaired) electrons. The van der Waals surface area contributed by atoms with Crippen molar-refractivity contribution in [3.05, 3.63) is 48.0 Å². The third kappa shape index (κ3) is 8.04. The molecule has 22 heavy (non-hydrogen) atoms. The van der Waals surface area contributed by atoms with E-state index in [4.69, 9.17) is 13.6 Å². The quantitative estimate of drug-likeness (QED) is 0.307. The fourth-order valence-corrected chi connectivity index (χ4v) is 2.69. The third-order valence-corrected chi connectivity index (χ3v) is 4.82. The molecule has 0 saturated heterocycles. The number of hydrogen-bond acceptors (Lipinski definition) is 6.